The molecule has 0 atom stereocenters. The van der Waals surface area contributed by atoms with Gasteiger partial charge in [-0.05, 0) is 37.8 Å². The van der Waals surface area contributed by atoms with Crippen molar-refractivity contribution in [2.24, 2.45) is 0 Å². The summed E-state index contributed by atoms with van der Waals surface area (Å²) in [6.45, 7) is 2.04. The van der Waals surface area contributed by atoms with Crippen LogP contribution in [0.5, 0.6) is 11.5 Å². The van der Waals surface area contributed by atoms with Gasteiger partial charge in [0.15, 0.2) is 0 Å². The van der Waals surface area contributed by atoms with E-state index in [1.165, 1.54) is 25.1 Å². The summed E-state index contributed by atoms with van der Waals surface area (Å²) in [5.74, 6) is -0.671. The Morgan fingerprint density at radius 3 is 2.10 bits per heavy atom. The van der Waals surface area contributed by atoms with Crippen molar-refractivity contribution in [2.45, 2.75) is 32.6 Å². The summed E-state index contributed by atoms with van der Waals surface area (Å²) in [4.78, 5) is 22.4. The van der Waals surface area contributed by atoms with Gasteiger partial charge in [0.05, 0.1) is 18.8 Å². The fourth-order valence-electron chi connectivity index (χ4n) is 1.71. The Morgan fingerprint density at radius 2 is 1.57 bits per heavy atom. The molecular weight excluding hydrogens is 276 g/mol. The molecule has 0 fully saturated rings. The molecule has 1 aromatic rings. The molecule has 0 aliphatic heterocycles. The van der Waals surface area contributed by atoms with Gasteiger partial charge in [-0.1, -0.05) is 0 Å². The Balaban J connectivity index is 2.27. The number of hydrogen-bond donors (Lipinski definition) is 2. The van der Waals surface area contributed by atoms with Crippen molar-refractivity contribution in [1.82, 2.24) is 0 Å². The average Bonchev–Trinajstić information content (AvgIpc) is 2.56. The van der Waals surface area contributed by atoms with Crippen LogP contribution in [-0.2, 0) is 14.3 Å². The molecule has 1 aromatic carbocycles. The van der Waals surface area contributed by atoms with Gasteiger partial charge in [-0.3, -0.25) is 4.79 Å². The highest BCUT2D eigenvalue weighted by molar-refractivity contribution is 5.90. The fourth-order valence-corrected chi connectivity index (χ4v) is 1.71. The zero-order valence-electron chi connectivity index (χ0n) is 13.9. The molecule has 2 N–H and O–H groups in total. The molecule has 0 radical (unpaired) electrons. The number of phenols is 2. The van der Waals surface area contributed by atoms with Crippen molar-refractivity contribution in [1.29, 1.82) is 2.86 Å². The molecule has 0 unspecified atom stereocenters. The van der Waals surface area contributed by atoms with Gasteiger partial charge in [0, 0.05) is 13.0 Å². The highest BCUT2D eigenvalue weighted by Gasteiger charge is 2.09. The second-order valence-corrected chi connectivity index (χ2v) is 4.58. The smallest absolute Gasteiger partial charge is 0.338 e. The monoisotopic (exact) mass is 298 g/mol. The Labute approximate surface area is 126 Å². The predicted molar refractivity (Wildman–Crippen MR) is 75.2 cm³/mol. The number of rotatable bonds is 10. The van der Waals surface area contributed by atoms with Crippen LogP contribution in [0.4, 0.5) is 0 Å². The van der Waals surface area contributed by atoms with E-state index < -0.39 is 5.97 Å². The largest absolute Gasteiger partial charge is 0.508 e. The fraction of sp³-hybridized carbons (Fsp3) is 0.467. The highest BCUT2D eigenvalue weighted by Crippen LogP contribution is 2.20. The number of esters is 2. The van der Waals surface area contributed by atoms with Gasteiger partial charge in [-0.25, -0.2) is 4.79 Å². The molecule has 0 amide bonds. The first kappa shape index (κ1) is 13.7. The number of phenolic OH excluding ortho intramolecular Hbond substituents is 2. The highest BCUT2D eigenvalue weighted by atomic mass is 16.5. The number of carbonyl (C=O) groups excluding carboxylic acids is 2. The van der Waals surface area contributed by atoms with E-state index in [1.807, 2.05) is 0 Å². The van der Waals surface area contributed by atoms with Gasteiger partial charge >= 0.3 is 11.9 Å². The van der Waals surface area contributed by atoms with E-state index in [9.17, 15) is 9.59 Å². The molecule has 0 spiro atoms. The maximum absolute atomic E-state index is 11.9. The Bertz CT molecular complexity index is 498. The van der Waals surface area contributed by atoms with E-state index >= 15 is 0 Å². The summed E-state index contributed by atoms with van der Waals surface area (Å²) >= 11 is 0. The van der Waals surface area contributed by atoms with Gasteiger partial charge in [-0.2, -0.15) is 0 Å². The van der Waals surface area contributed by atoms with E-state index in [0.29, 0.717) is 13.0 Å². The third-order valence-electron chi connectivity index (χ3n) is 2.69. The number of benzene rings is 1. The molecule has 6 nitrogen and oxygen atoms in total. The van der Waals surface area contributed by atoms with Crippen molar-refractivity contribution in [2.75, 3.05) is 13.2 Å². The van der Waals surface area contributed by atoms with Crippen molar-refractivity contribution in [3.8, 4) is 11.5 Å². The van der Waals surface area contributed by atoms with E-state index in [2.05, 4.69) is 10.2 Å². The van der Waals surface area contributed by atoms with Crippen LogP contribution in [0.25, 0.3) is 0 Å². The number of aromatic hydroxyl groups is 2. The summed E-state index contributed by atoms with van der Waals surface area (Å²) in [6.07, 6.45) is 3.21. The minimum Gasteiger partial charge on any atom is -0.508 e. The molecule has 21 heavy (non-hydrogen) atoms. The van der Waals surface area contributed by atoms with Gasteiger partial charge < -0.3 is 19.7 Å². The van der Waals surface area contributed by atoms with Crippen LogP contribution in [-0.4, -0.2) is 38.2 Å². The second-order valence-electron chi connectivity index (χ2n) is 4.58. The first-order valence-electron chi connectivity index (χ1n) is 7.60. The minimum absolute atomic E-state index is 0.0900. The van der Waals surface area contributed by atoms with Crippen LogP contribution in [0.3, 0.4) is 0 Å². The lowest BCUT2D eigenvalue weighted by molar-refractivity contribution is -0.141. The van der Waals surface area contributed by atoms with E-state index in [0.717, 1.165) is 19.3 Å². The molecule has 0 aromatic heterocycles. The Hall–Kier alpha value is -2.24. The van der Waals surface area contributed by atoms with Gasteiger partial charge in [0.25, 0.3) is 2.86 Å². The zero-order valence-corrected chi connectivity index (χ0v) is 11.9. The third-order valence-corrected chi connectivity index (χ3v) is 2.69. The second kappa shape index (κ2) is 8.84. The number of hydrogen-bond acceptors (Lipinski definition) is 6. The van der Waals surface area contributed by atoms with Gasteiger partial charge in [0.2, 0.25) is 0 Å². The van der Waals surface area contributed by atoms with Gasteiger partial charge in [-0.15, -0.1) is 0 Å². The minimum atomic E-state index is -0.567. The molecule has 0 saturated heterocycles. The Morgan fingerprint density at radius 1 is 1.00 bits per heavy atom. The number of ether oxygens (including phenoxy) is 2. The van der Waals surface area contributed by atoms with Crippen LogP contribution in [0, 0.1) is 0 Å². The van der Waals surface area contributed by atoms with Crippen LogP contribution in [0.1, 0.15) is 43.0 Å². The Kier molecular flexibility index (Phi) is 5.78. The molecule has 0 bridgehead atoms. The molecule has 0 heterocycles. The van der Waals surface area contributed by atoms with Crippen LogP contribution in [0.15, 0.2) is 18.2 Å². The molecule has 116 valence electrons. The normalized spacial score (nSPS) is 11.1. The summed E-state index contributed by atoms with van der Waals surface area (Å²) in [5.41, 5.74) is 0.159. The summed E-state index contributed by atoms with van der Waals surface area (Å²) in [5, 5.41) is 8.58. The van der Waals surface area contributed by atoms with E-state index in [-0.39, 0.29) is 29.6 Å². The quantitative estimate of drug-likeness (QED) is 0.509. The van der Waals surface area contributed by atoms with Crippen molar-refractivity contribution in [3.63, 3.8) is 0 Å². The molecule has 1 rings (SSSR count). The standard InChI is InChI=1S/C15H20O6/c1-11(16)20-6-4-2-3-5-7-21-15(19)12-8-13(17)10-14(18)9-12/h8-10,17-18H,2-7H2,1H3/i/hD2. The van der Waals surface area contributed by atoms with Crippen molar-refractivity contribution in [3.05, 3.63) is 23.8 Å². The molecule has 0 aliphatic rings. The first-order chi connectivity index (χ1) is 11.1. The van der Waals surface area contributed by atoms with Crippen molar-refractivity contribution < 1.29 is 29.3 Å². The lowest BCUT2D eigenvalue weighted by atomic mass is 10.2. The number of carbonyl (C=O) groups is 2. The molecule has 0 aliphatic carbocycles. The molecule has 6 heteroatoms. The maximum atomic E-state index is 11.9. The number of unbranched alkanes of at least 4 members (excludes halogenated alkanes) is 3. The third kappa shape index (κ3) is 7.20. The topological polar surface area (TPSA) is 93.1 Å². The first-order valence-corrected chi connectivity index (χ1v) is 6.78. The zero-order chi connectivity index (χ0) is 17.1. The summed E-state index contributed by atoms with van der Waals surface area (Å²) in [6, 6.07) is 4.01. The van der Waals surface area contributed by atoms with E-state index in [1.54, 1.807) is 0 Å². The maximum Gasteiger partial charge on any atom is 0.338 e. The lowest BCUT2D eigenvalue weighted by Crippen LogP contribution is -2.06. The summed E-state index contributed by atoms with van der Waals surface area (Å²) < 4.78 is 23.6. The van der Waals surface area contributed by atoms with Crippen LogP contribution in [0.2, 0.25) is 0 Å². The van der Waals surface area contributed by atoms with Crippen LogP contribution >= 0.6 is 0 Å². The lowest BCUT2D eigenvalue weighted by Gasteiger charge is -2.06. The predicted octanol–water partition coefficient (Wildman–Crippen LogP) is 2.38. The summed E-state index contributed by atoms with van der Waals surface area (Å²) in [7, 11) is 0. The van der Waals surface area contributed by atoms with Gasteiger partial charge in [0.1, 0.15) is 11.5 Å². The van der Waals surface area contributed by atoms with Crippen LogP contribution < -0.4 is 0 Å². The SMILES string of the molecule is [2H]Oc1cc(O[2H])cc(C(=O)OCCCCCCOC(C)=O)c1. The van der Waals surface area contributed by atoms with E-state index in [4.69, 9.17) is 12.3 Å². The average molecular weight is 298 g/mol. The van der Waals surface area contributed by atoms with Crippen molar-refractivity contribution >= 4 is 11.9 Å². The molecule has 0 saturated carbocycles. The molecular formula is C15H20O6.